The Bertz CT molecular complexity index is 1090. The molecular formula is C22H19N3O2S. The van der Waals surface area contributed by atoms with Gasteiger partial charge >= 0.3 is 0 Å². The molecule has 0 radical (unpaired) electrons. The van der Waals surface area contributed by atoms with Crippen LogP contribution in [0.25, 0.3) is 10.9 Å². The monoisotopic (exact) mass is 389 g/mol. The molecule has 4 aromatic rings. The number of fused-ring (bicyclic) bond motifs is 1. The van der Waals surface area contributed by atoms with Gasteiger partial charge in [-0.15, -0.1) is 11.3 Å². The van der Waals surface area contributed by atoms with Crippen molar-refractivity contribution in [1.82, 2.24) is 10.3 Å². The summed E-state index contributed by atoms with van der Waals surface area (Å²) in [6.45, 7) is 0. The maximum absolute atomic E-state index is 12.9. The summed E-state index contributed by atoms with van der Waals surface area (Å²) in [4.78, 5) is 29.3. The molecule has 0 aliphatic rings. The van der Waals surface area contributed by atoms with Gasteiger partial charge in [-0.3, -0.25) is 9.59 Å². The molecule has 0 aliphatic carbocycles. The van der Waals surface area contributed by atoms with Crippen LogP contribution in [0.1, 0.15) is 15.2 Å². The fourth-order valence-corrected chi connectivity index (χ4v) is 3.74. The van der Waals surface area contributed by atoms with Crippen LogP contribution in [0.2, 0.25) is 0 Å². The molecule has 0 saturated carbocycles. The van der Waals surface area contributed by atoms with E-state index in [2.05, 4.69) is 15.6 Å². The fraction of sp³-hybridized carbons (Fsp3) is 0.0909. The molecule has 1 atom stereocenters. The Hall–Kier alpha value is -3.38. The summed E-state index contributed by atoms with van der Waals surface area (Å²) in [6, 6.07) is 20.0. The molecule has 2 aromatic carbocycles. The zero-order valence-corrected chi connectivity index (χ0v) is 15.8. The Labute approximate surface area is 166 Å². The molecule has 0 fully saturated rings. The first kappa shape index (κ1) is 18.0. The van der Waals surface area contributed by atoms with Gasteiger partial charge in [0.15, 0.2) is 0 Å². The molecule has 0 saturated heterocycles. The van der Waals surface area contributed by atoms with E-state index in [4.69, 9.17) is 0 Å². The molecule has 28 heavy (non-hydrogen) atoms. The lowest BCUT2D eigenvalue weighted by Crippen LogP contribution is -2.45. The van der Waals surface area contributed by atoms with Crippen molar-refractivity contribution in [3.8, 4) is 0 Å². The fourth-order valence-electron chi connectivity index (χ4n) is 3.12. The molecule has 1 unspecified atom stereocenters. The van der Waals surface area contributed by atoms with Crippen molar-refractivity contribution < 1.29 is 9.59 Å². The van der Waals surface area contributed by atoms with Crippen LogP contribution in [0.3, 0.4) is 0 Å². The average Bonchev–Trinajstić information content (AvgIpc) is 3.39. The lowest BCUT2D eigenvalue weighted by Gasteiger charge is -2.18. The molecule has 2 aromatic heterocycles. The highest BCUT2D eigenvalue weighted by atomic mass is 32.1. The van der Waals surface area contributed by atoms with E-state index in [1.165, 1.54) is 11.3 Å². The molecule has 3 N–H and O–H groups in total. The number of amides is 2. The number of H-pyrrole nitrogens is 1. The smallest absolute Gasteiger partial charge is 0.262 e. The van der Waals surface area contributed by atoms with Crippen molar-refractivity contribution >= 4 is 39.7 Å². The van der Waals surface area contributed by atoms with Crippen LogP contribution in [0.15, 0.2) is 78.3 Å². The maximum Gasteiger partial charge on any atom is 0.262 e. The van der Waals surface area contributed by atoms with Crippen LogP contribution in [0.4, 0.5) is 5.69 Å². The molecule has 4 rings (SSSR count). The van der Waals surface area contributed by atoms with E-state index in [1.54, 1.807) is 6.07 Å². The van der Waals surface area contributed by atoms with Gasteiger partial charge in [0.25, 0.3) is 5.91 Å². The standard InChI is InChI=1S/C22H19N3O2S/c26-21(24-16-7-2-1-3-8-16)19(25-22(27)20-11-6-12-28-20)13-15-14-23-18-10-5-4-9-17(15)18/h1-12,14,19,23H,13H2,(H,24,26)(H,25,27). The van der Waals surface area contributed by atoms with E-state index < -0.39 is 6.04 Å². The third-order valence-corrected chi connectivity index (χ3v) is 5.38. The molecule has 140 valence electrons. The van der Waals surface area contributed by atoms with Crippen LogP contribution in [0, 0.1) is 0 Å². The van der Waals surface area contributed by atoms with Gasteiger partial charge in [0.1, 0.15) is 6.04 Å². The molecule has 2 heterocycles. The topological polar surface area (TPSA) is 74.0 Å². The second-order valence-corrected chi connectivity index (χ2v) is 7.37. The number of carbonyl (C=O) groups excluding carboxylic acids is 2. The van der Waals surface area contributed by atoms with Gasteiger partial charge in [-0.05, 0) is 35.2 Å². The van der Waals surface area contributed by atoms with Gasteiger partial charge in [0.2, 0.25) is 5.91 Å². The summed E-state index contributed by atoms with van der Waals surface area (Å²) >= 11 is 1.35. The molecule has 6 heteroatoms. The van der Waals surface area contributed by atoms with Crippen molar-refractivity contribution in [2.75, 3.05) is 5.32 Å². The van der Waals surface area contributed by atoms with Crippen LogP contribution in [-0.2, 0) is 11.2 Å². The number of anilines is 1. The Morgan fingerprint density at radius 3 is 2.54 bits per heavy atom. The number of benzene rings is 2. The number of hydrogen-bond acceptors (Lipinski definition) is 3. The zero-order valence-electron chi connectivity index (χ0n) is 15.0. The third-order valence-electron chi connectivity index (χ3n) is 4.51. The number of aromatic nitrogens is 1. The highest BCUT2D eigenvalue weighted by Gasteiger charge is 2.23. The van der Waals surface area contributed by atoms with Gasteiger partial charge in [-0.1, -0.05) is 42.5 Å². The summed E-state index contributed by atoms with van der Waals surface area (Å²) in [5.41, 5.74) is 2.68. The van der Waals surface area contributed by atoms with E-state index in [0.717, 1.165) is 16.5 Å². The highest BCUT2D eigenvalue weighted by Crippen LogP contribution is 2.20. The number of rotatable bonds is 6. The first-order valence-electron chi connectivity index (χ1n) is 8.96. The first-order valence-corrected chi connectivity index (χ1v) is 9.84. The Morgan fingerprint density at radius 1 is 0.964 bits per heavy atom. The number of aromatic amines is 1. The van der Waals surface area contributed by atoms with E-state index in [0.29, 0.717) is 17.0 Å². The average molecular weight is 389 g/mol. The number of hydrogen-bond donors (Lipinski definition) is 3. The maximum atomic E-state index is 12.9. The number of nitrogens with one attached hydrogen (secondary N) is 3. The van der Waals surface area contributed by atoms with E-state index in [1.807, 2.05) is 72.2 Å². The normalized spacial score (nSPS) is 11.9. The summed E-state index contributed by atoms with van der Waals surface area (Å²) < 4.78 is 0. The van der Waals surface area contributed by atoms with Crippen molar-refractivity contribution in [3.05, 3.63) is 88.7 Å². The van der Waals surface area contributed by atoms with Gasteiger partial charge in [0.05, 0.1) is 4.88 Å². The van der Waals surface area contributed by atoms with Gasteiger partial charge in [0, 0.05) is 29.2 Å². The lowest BCUT2D eigenvalue weighted by molar-refractivity contribution is -0.118. The van der Waals surface area contributed by atoms with Crippen LogP contribution in [0.5, 0.6) is 0 Å². The zero-order chi connectivity index (χ0) is 19.3. The molecule has 0 bridgehead atoms. The van der Waals surface area contributed by atoms with Crippen LogP contribution in [-0.4, -0.2) is 22.8 Å². The van der Waals surface area contributed by atoms with Crippen molar-refractivity contribution in [1.29, 1.82) is 0 Å². The van der Waals surface area contributed by atoms with Gasteiger partial charge in [-0.2, -0.15) is 0 Å². The van der Waals surface area contributed by atoms with Crippen LogP contribution < -0.4 is 10.6 Å². The minimum absolute atomic E-state index is 0.247. The minimum Gasteiger partial charge on any atom is -0.361 e. The second-order valence-electron chi connectivity index (χ2n) is 6.42. The van der Waals surface area contributed by atoms with E-state index in [-0.39, 0.29) is 11.8 Å². The first-order chi connectivity index (χ1) is 13.7. The summed E-state index contributed by atoms with van der Waals surface area (Å²) in [5, 5.41) is 8.67. The number of para-hydroxylation sites is 2. The lowest BCUT2D eigenvalue weighted by atomic mass is 10.0. The van der Waals surface area contributed by atoms with E-state index in [9.17, 15) is 9.59 Å². The van der Waals surface area contributed by atoms with Crippen molar-refractivity contribution in [3.63, 3.8) is 0 Å². The molecule has 0 spiro atoms. The molecule has 2 amide bonds. The SMILES string of the molecule is O=C(NC(Cc1c[nH]c2ccccc12)C(=O)Nc1ccccc1)c1cccs1. The predicted octanol–water partition coefficient (Wildman–Crippen LogP) is 4.21. The highest BCUT2D eigenvalue weighted by molar-refractivity contribution is 7.12. The van der Waals surface area contributed by atoms with E-state index >= 15 is 0 Å². The quantitative estimate of drug-likeness (QED) is 0.462. The summed E-state index contributed by atoms with van der Waals surface area (Å²) in [5.74, 6) is -0.496. The second kappa shape index (κ2) is 8.10. The minimum atomic E-state index is -0.700. The molecule has 0 aliphatic heterocycles. The van der Waals surface area contributed by atoms with Gasteiger partial charge < -0.3 is 15.6 Å². The van der Waals surface area contributed by atoms with Gasteiger partial charge in [-0.25, -0.2) is 0 Å². The molecular weight excluding hydrogens is 370 g/mol. The van der Waals surface area contributed by atoms with Crippen molar-refractivity contribution in [2.45, 2.75) is 12.5 Å². The Kier molecular flexibility index (Phi) is 5.21. The predicted molar refractivity (Wildman–Crippen MR) is 113 cm³/mol. The number of carbonyl (C=O) groups is 2. The summed E-state index contributed by atoms with van der Waals surface area (Å²) in [6.07, 6.45) is 2.28. The number of thiophene rings is 1. The van der Waals surface area contributed by atoms with Crippen molar-refractivity contribution in [2.24, 2.45) is 0 Å². The summed E-state index contributed by atoms with van der Waals surface area (Å²) in [7, 11) is 0. The largest absolute Gasteiger partial charge is 0.361 e. The third kappa shape index (κ3) is 3.97. The Balaban J connectivity index is 1.58. The molecule has 5 nitrogen and oxygen atoms in total. The van der Waals surface area contributed by atoms with Crippen LogP contribution >= 0.6 is 11.3 Å². The Morgan fingerprint density at radius 2 is 1.75 bits per heavy atom.